The van der Waals surface area contributed by atoms with Crippen LogP contribution in [0.25, 0.3) is 0 Å². The van der Waals surface area contributed by atoms with Crippen LogP contribution in [0.3, 0.4) is 0 Å². The fourth-order valence-corrected chi connectivity index (χ4v) is 1.65. The fourth-order valence-electron chi connectivity index (χ4n) is 1.65. The van der Waals surface area contributed by atoms with Crippen LogP contribution in [0, 0.1) is 18.6 Å². The summed E-state index contributed by atoms with van der Waals surface area (Å²) in [7, 11) is 0. The van der Waals surface area contributed by atoms with Gasteiger partial charge in [0.05, 0.1) is 5.56 Å². The van der Waals surface area contributed by atoms with Crippen LogP contribution < -0.4 is 10.5 Å². The van der Waals surface area contributed by atoms with Crippen LogP contribution in [-0.2, 0) is 5.41 Å². The average molecular weight is 293 g/mol. The van der Waals surface area contributed by atoms with Crippen molar-refractivity contribution in [1.82, 2.24) is 9.97 Å². The quantitative estimate of drug-likeness (QED) is 0.916. The summed E-state index contributed by atoms with van der Waals surface area (Å²) >= 11 is 0. The molecule has 0 spiro atoms. The van der Waals surface area contributed by atoms with Crippen molar-refractivity contribution in [3.8, 4) is 11.6 Å². The zero-order valence-electron chi connectivity index (χ0n) is 12.4. The molecule has 0 unspecified atom stereocenters. The van der Waals surface area contributed by atoms with Crippen molar-refractivity contribution in [1.29, 1.82) is 0 Å². The fraction of sp³-hybridized carbons (Fsp3) is 0.333. The predicted molar refractivity (Wildman–Crippen MR) is 76.3 cm³/mol. The van der Waals surface area contributed by atoms with Gasteiger partial charge < -0.3 is 10.5 Å². The summed E-state index contributed by atoms with van der Waals surface area (Å²) in [6, 6.07) is 2.93. The lowest BCUT2D eigenvalue weighted by Crippen LogP contribution is -2.18. The molecule has 1 aromatic heterocycles. The smallest absolute Gasteiger partial charge is 0.227 e. The zero-order valence-corrected chi connectivity index (χ0v) is 12.4. The Morgan fingerprint density at radius 3 is 2.14 bits per heavy atom. The van der Waals surface area contributed by atoms with Crippen molar-refractivity contribution >= 4 is 5.82 Å². The number of nitrogen functional groups attached to an aromatic ring is 1. The summed E-state index contributed by atoms with van der Waals surface area (Å²) in [6.45, 7) is 7.49. The molecular formula is C15H17F2N3O. The summed E-state index contributed by atoms with van der Waals surface area (Å²) < 4.78 is 31.9. The minimum atomic E-state index is -0.722. The van der Waals surface area contributed by atoms with Crippen LogP contribution in [0.15, 0.2) is 18.2 Å². The number of hydrogen-bond donors (Lipinski definition) is 1. The van der Waals surface area contributed by atoms with Crippen molar-refractivity contribution < 1.29 is 13.5 Å². The van der Waals surface area contributed by atoms with Crippen molar-refractivity contribution in [2.75, 3.05) is 5.73 Å². The van der Waals surface area contributed by atoms with Gasteiger partial charge in [-0.2, -0.15) is 4.98 Å². The number of aromatic nitrogens is 2. The zero-order chi connectivity index (χ0) is 15.8. The lowest BCUT2D eigenvalue weighted by atomic mass is 9.95. The van der Waals surface area contributed by atoms with E-state index in [2.05, 4.69) is 9.97 Å². The molecule has 4 nitrogen and oxygen atoms in total. The average Bonchev–Trinajstić information content (AvgIpc) is 2.32. The first-order valence-corrected chi connectivity index (χ1v) is 6.45. The van der Waals surface area contributed by atoms with Gasteiger partial charge in [-0.25, -0.2) is 13.8 Å². The van der Waals surface area contributed by atoms with Crippen LogP contribution in [0.5, 0.6) is 11.6 Å². The van der Waals surface area contributed by atoms with Gasteiger partial charge in [0.2, 0.25) is 5.88 Å². The summed E-state index contributed by atoms with van der Waals surface area (Å²) in [4.78, 5) is 8.52. The molecule has 0 fully saturated rings. The highest BCUT2D eigenvalue weighted by Crippen LogP contribution is 2.30. The number of anilines is 1. The Bertz CT molecular complexity index is 661. The maximum absolute atomic E-state index is 13.2. The Kier molecular flexibility index (Phi) is 3.80. The van der Waals surface area contributed by atoms with Crippen molar-refractivity contribution in [3.05, 3.63) is 41.2 Å². The minimum absolute atomic E-state index is 0.0218. The third-order valence-electron chi connectivity index (χ3n) is 2.86. The van der Waals surface area contributed by atoms with E-state index in [0.717, 1.165) is 18.2 Å². The first-order chi connectivity index (χ1) is 9.66. The number of nitrogens with zero attached hydrogens (tertiary/aromatic N) is 2. The van der Waals surface area contributed by atoms with Crippen molar-refractivity contribution in [3.63, 3.8) is 0 Å². The highest BCUT2D eigenvalue weighted by Gasteiger charge is 2.21. The number of ether oxygens (including phenoxy) is 1. The summed E-state index contributed by atoms with van der Waals surface area (Å²) in [5.41, 5.74) is 6.05. The molecule has 0 radical (unpaired) electrons. The Morgan fingerprint density at radius 2 is 1.62 bits per heavy atom. The van der Waals surface area contributed by atoms with Gasteiger partial charge in [-0.15, -0.1) is 0 Å². The Morgan fingerprint density at radius 1 is 1.05 bits per heavy atom. The summed E-state index contributed by atoms with van der Waals surface area (Å²) in [5.74, 6) is -0.452. The normalized spacial score (nSPS) is 11.5. The molecule has 2 aromatic rings. The van der Waals surface area contributed by atoms with Gasteiger partial charge in [-0.1, -0.05) is 20.8 Å². The molecule has 0 aliphatic rings. The molecule has 21 heavy (non-hydrogen) atoms. The Hall–Kier alpha value is -2.24. The van der Waals surface area contributed by atoms with Gasteiger partial charge in [0.25, 0.3) is 0 Å². The molecule has 0 saturated heterocycles. The van der Waals surface area contributed by atoms with Gasteiger partial charge in [0.1, 0.15) is 29.0 Å². The van der Waals surface area contributed by atoms with E-state index in [0.29, 0.717) is 11.4 Å². The van der Waals surface area contributed by atoms with E-state index in [4.69, 9.17) is 10.5 Å². The first-order valence-electron chi connectivity index (χ1n) is 6.45. The molecule has 0 aliphatic carbocycles. The van der Waals surface area contributed by atoms with Gasteiger partial charge in [-0.3, -0.25) is 0 Å². The summed E-state index contributed by atoms with van der Waals surface area (Å²) in [5, 5.41) is 0. The number of nitrogens with two attached hydrogens (primary N) is 1. The predicted octanol–water partition coefficient (Wildman–Crippen LogP) is 3.74. The molecule has 0 bridgehead atoms. The van der Waals surface area contributed by atoms with Crippen molar-refractivity contribution in [2.24, 2.45) is 0 Å². The van der Waals surface area contributed by atoms with Crippen molar-refractivity contribution in [2.45, 2.75) is 33.1 Å². The maximum Gasteiger partial charge on any atom is 0.227 e. The van der Waals surface area contributed by atoms with E-state index in [1.165, 1.54) is 0 Å². The second kappa shape index (κ2) is 5.27. The van der Waals surface area contributed by atoms with E-state index in [1.807, 2.05) is 20.8 Å². The van der Waals surface area contributed by atoms with Gasteiger partial charge in [0.15, 0.2) is 0 Å². The topological polar surface area (TPSA) is 61.0 Å². The van der Waals surface area contributed by atoms with Crippen LogP contribution in [-0.4, -0.2) is 9.97 Å². The van der Waals surface area contributed by atoms with Gasteiger partial charge >= 0.3 is 0 Å². The molecule has 2 rings (SSSR count). The highest BCUT2D eigenvalue weighted by atomic mass is 19.1. The van der Waals surface area contributed by atoms with Crippen LogP contribution >= 0.6 is 0 Å². The standard InChI is InChI=1S/C15H17F2N3O/c1-8-12(18)19-14(15(2,3)4)20-13(8)21-11-6-9(16)5-10(17)7-11/h5-7H,1-4H3,(H2,18,19,20). The second-order valence-corrected chi connectivity index (χ2v) is 5.82. The third-order valence-corrected chi connectivity index (χ3v) is 2.86. The Labute approximate surface area is 122 Å². The monoisotopic (exact) mass is 293 g/mol. The van der Waals surface area contributed by atoms with E-state index in [-0.39, 0.29) is 22.9 Å². The molecule has 0 amide bonds. The second-order valence-electron chi connectivity index (χ2n) is 5.82. The number of halogens is 2. The molecule has 1 aromatic carbocycles. The number of rotatable bonds is 2. The SMILES string of the molecule is Cc1c(N)nc(C(C)(C)C)nc1Oc1cc(F)cc(F)c1. The molecule has 1 heterocycles. The van der Waals surface area contributed by atoms with E-state index in [9.17, 15) is 8.78 Å². The molecule has 112 valence electrons. The Balaban J connectivity index is 2.46. The summed E-state index contributed by atoms with van der Waals surface area (Å²) in [6.07, 6.45) is 0. The minimum Gasteiger partial charge on any atom is -0.438 e. The first kappa shape index (κ1) is 15.2. The number of hydrogen-bond acceptors (Lipinski definition) is 4. The van der Waals surface area contributed by atoms with E-state index >= 15 is 0 Å². The molecule has 6 heteroatoms. The van der Waals surface area contributed by atoms with Crippen LogP contribution in [0.2, 0.25) is 0 Å². The molecule has 0 aliphatic heterocycles. The van der Waals surface area contributed by atoms with Gasteiger partial charge in [-0.05, 0) is 6.92 Å². The van der Waals surface area contributed by atoms with E-state index < -0.39 is 11.6 Å². The highest BCUT2D eigenvalue weighted by molar-refractivity contribution is 5.46. The molecular weight excluding hydrogens is 276 g/mol. The maximum atomic E-state index is 13.2. The molecule has 0 atom stereocenters. The van der Waals surface area contributed by atoms with Crippen LogP contribution in [0.4, 0.5) is 14.6 Å². The van der Waals surface area contributed by atoms with E-state index in [1.54, 1.807) is 6.92 Å². The molecule has 2 N–H and O–H groups in total. The van der Waals surface area contributed by atoms with Crippen LogP contribution in [0.1, 0.15) is 32.2 Å². The lowest BCUT2D eigenvalue weighted by molar-refractivity contribution is 0.434. The van der Waals surface area contributed by atoms with Gasteiger partial charge in [0, 0.05) is 23.6 Å². The lowest BCUT2D eigenvalue weighted by Gasteiger charge is -2.19. The third kappa shape index (κ3) is 3.45. The largest absolute Gasteiger partial charge is 0.438 e. The number of benzene rings is 1. The molecule has 0 saturated carbocycles.